The lowest BCUT2D eigenvalue weighted by atomic mass is 9.96. The maximum absolute atomic E-state index is 12.7. The Morgan fingerprint density at radius 1 is 1.13 bits per heavy atom. The number of nitrogens with two attached hydrogens (primary N) is 1. The standard InChI is InChI=1S/C20H23N5O4S/c21-13-17-20(24-11-7-14(8-12-24)18(22)26)29-19(23-17)15-3-5-16(6-4-15)30(27,28)25-9-1-2-10-25/h3-6,14H,1-2,7-12H2,(H2,22,26). The van der Waals surface area contributed by atoms with Gasteiger partial charge in [0.1, 0.15) is 6.07 Å². The van der Waals surface area contributed by atoms with Gasteiger partial charge in [0.25, 0.3) is 0 Å². The van der Waals surface area contributed by atoms with Gasteiger partial charge in [0.05, 0.1) is 4.90 Å². The first-order chi connectivity index (χ1) is 14.4. The van der Waals surface area contributed by atoms with Gasteiger partial charge in [-0.2, -0.15) is 14.6 Å². The number of oxazole rings is 1. The van der Waals surface area contributed by atoms with Gasteiger partial charge in [-0.25, -0.2) is 8.42 Å². The van der Waals surface area contributed by atoms with Crippen molar-refractivity contribution in [2.45, 2.75) is 30.6 Å². The molecule has 1 aromatic heterocycles. The van der Waals surface area contributed by atoms with Gasteiger partial charge < -0.3 is 15.1 Å². The van der Waals surface area contributed by atoms with Crippen molar-refractivity contribution in [1.82, 2.24) is 9.29 Å². The molecule has 30 heavy (non-hydrogen) atoms. The molecule has 4 rings (SSSR count). The Morgan fingerprint density at radius 2 is 1.77 bits per heavy atom. The minimum absolute atomic E-state index is 0.163. The number of piperidine rings is 1. The molecule has 9 nitrogen and oxygen atoms in total. The molecule has 0 aliphatic carbocycles. The van der Waals surface area contributed by atoms with E-state index < -0.39 is 10.0 Å². The Hall–Kier alpha value is -2.90. The fraction of sp³-hybridized carbons (Fsp3) is 0.450. The van der Waals surface area contributed by atoms with Crippen molar-refractivity contribution in [1.29, 1.82) is 5.26 Å². The van der Waals surface area contributed by atoms with Crippen molar-refractivity contribution in [3.63, 3.8) is 0 Å². The molecule has 3 heterocycles. The summed E-state index contributed by atoms with van der Waals surface area (Å²) in [5.74, 6) is 0.143. The van der Waals surface area contributed by atoms with Crippen LogP contribution in [0, 0.1) is 17.2 Å². The van der Waals surface area contributed by atoms with Crippen molar-refractivity contribution >= 4 is 21.8 Å². The lowest BCUT2D eigenvalue weighted by molar-refractivity contribution is -0.122. The van der Waals surface area contributed by atoms with E-state index in [1.165, 1.54) is 16.4 Å². The van der Waals surface area contributed by atoms with E-state index in [0.29, 0.717) is 50.5 Å². The van der Waals surface area contributed by atoms with E-state index in [4.69, 9.17) is 10.2 Å². The Balaban J connectivity index is 1.55. The van der Waals surface area contributed by atoms with E-state index in [1.807, 2.05) is 11.0 Å². The maximum atomic E-state index is 12.7. The van der Waals surface area contributed by atoms with Crippen LogP contribution in [-0.2, 0) is 14.8 Å². The van der Waals surface area contributed by atoms with Crippen molar-refractivity contribution in [2.24, 2.45) is 11.7 Å². The normalized spacial score (nSPS) is 18.4. The predicted molar refractivity (Wildman–Crippen MR) is 109 cm³/mol. The predicted octanol–water partition coefficient (Wildman–Crippen LogP) is 1.70. The summed E-state index contributed by atoms with van der Waals surface area (Å²) < 4.78 is 32.7. The van der Waals surface area contributed by atoms with Crippen LogP contribution < -0.4 is 10.6 Å². The first-order valence-electron chi connectivity index (χ1n) is 9.96. The maximum Gasteiger partial charge on any atom is 0.243 e. The van der Waals surface area contributed by atoms with Gasteiger partial charge in [-0.15, -0.1) is 0 Å². The van der Waals surface area contributed by atoms with E-state index in [1.54, 1.807) is 12.1 Å². The summed E-state index contributed by atoms with van der Waals surface area (Å²) in [6.07, 6.45) is 2.95. The Bertz CT molecular complexity index is 1070. The van der Waals surface area contributed by atoms with E-state index in [0.717, 1.165) is 12.8 Å². The molecule has 2 aliphatic heterocycles. The largest absolute Gasteiger partial charge is 0.419 e. The van der Waals surface area contributed by atoms with Gasteiger partial charge in [-0.1, -0.05) is 0 Å². The third-order valence-corrected chi connectivity index (χ3v) is 7.62. The number of hydrogen-bond donors (Lipinski definition) is 1. The third-order valence-electron chi connectivity index (χ3n) is 5.70. The second kappa shape index (κ2) is 8.08. The molecule has 2 fully saturated rings. The van der Waals surface area contributed by atoms with Gasteiger partial charge in [-0.3, -0.25) is 4.79 Å². The monoisotopic (exact) mass is 429 g/mol. The van der Waals surface area contributed by atoms with Crippen LogP contribution in [0.5, 0.6) is 0 Å². The second-order valence-electron chi connectivity index (χ2n) is 7.58. The van der Waals surface area contributed by atoms with Crippen molar-refractivity contribution in [3.8, 4) is 17.5 Å². The van der Waals surface area contributed by atoms with Crippen molar-refractivity contribution in [3.05, 3.63) is 30.0 Å². The Labute approximate surface area is 175 Å². The number of amides is 1. The fourth-order valence-corrected chi connectivity index (χ4v) is 5.45. The van der Waals surface area contributed by atoms with Crippen LogP contribution in [0.1, 0.15) is 31.4 Å². The number of nitriles is 1. The number of nitrogens with zero attached hydrogens (tertiary/aromatic N) is 4. The van der Waals surface area contributed by atoms with Crippen LogP contribution in [-0.4, -0.2) is 49.8 Å². The molecule has 2 aliphatic rings. The molecule has 10 heteroatoms. The number of benzene rings is 1. The molecule has 2 saturated heterocycles. The number of primary amides is 1. The van der Waals surface area contributed by atoms with Crippen LogP contribution in [0.2, 0.25) is 0 Å². The zero-order valence-corrected chi connectivity index (χ0v) is 17.3. The van der Waals surface area contributed by atoms with Gasteiger partial charge in [0.15, 0.2) is 0 Å². The first kappa shape index (κ1) is 20.4. The summed E-state index contributed by atoms with van der Waals surface area (Å²) in [4.78, 5) is 17.8. The molecule has 0 unspecified atom stereocenters. The summed E-state index contributed by atoms with van der Waals surface area (Å²) >= 11 is 0. The average Bonchev–Trinajstić information content (AvgIpc) is 3.44. The van der Waals surface area contributed by atoms with Crippen LogP contribution in [0.4, 0.5) is 5.88 Å². The summed E-state index contributed by atoms with van der Waals surface area (Å²) in [7, 11) is -3.49. The summed E-state index contributed by atoms with van der Waals surface area (Å²) in [6.45, 7) is 2.18. The molecule has 2 N–H and O–H groups in total. The zero-order chi connectivity index (χ0) is 21.3. The molecule has 158 valence electrons. The fourth-order valence-electron chi connectivity index (χ4n) is 3.94. The lowest BCUT2D eigenvalue weighted by Crippen LogP contribution is -2.38. The molecule has 0 saturated carbocycles. The van der Waals surface area contributed by atoms with Gasteiger partial charge in [-0.05, 0) is 49.9 Å². The SMILES string of the molecule is N#Cc1nc(-c2ccc(S(=O)(=O)N3CCCC3)cc2)oc1N1CCC(C(N)=O)CC1. The van der Waals surface area contributed by atoms with Crippen LogP contribution in [0.25, 0.3) is 11.5 Å². The van der Waals surface area contributed by atoms with Crippen LogP contribution >= 0.6 is 0 Å². The molecule has 1 aromatic carbocycles. The third kappa shape index (κ3) is 3.78. The van der Waals surface area contributed by atoms with Gasteiger partial charge in [0, 0.05) is 37.7 Å². The number of rotatable bonds is 5. The first-order valence-corrected chi connectivity index (χ1v) is 11.4. The number of hydrogen-bond acceptors (Lipinski definition) is 7. The molecule has 2 aromatic rings. The van der Waals surface area contributed by atoms with E-state index >= 15 is 0 Å². The highest BCUT2D eigenvalue weighted by molar-refractivity contribution is 7.89. The number of carbonyl (C=O) groups is 1. The minimum atomic E-state index is -3.49. The number of anilines is 1. The van der Waals surface area contributed by atoms with Crippen LogP contribution in [0.15, 0.2) is 33.6 Å². The van der Waals surface area contributed by atoms with E-state index in [-0.39, 0.29) is 28.3 Å². The smallest absolute Gasteiger partial charge is 0.243 e. The highest BCUT2D eigenvalue weighted by atomic mass is 32.2. The second-order valence-corrected chi connectivity index (χ2v) is 9.52. The van der Waals surface area contributed by atoms with Gasteiger partial charge in [0.2, 0.25) is 33.4 Å². The summed E-state index contributed by atoms with van der Waals surface area (Å²) in [6, 6.07) is 8.40. The van der Waals surface area contributed by atoms with E-state index in [2.05, 4.69) is 4.98 Å². The molecule has 0 radical (unpaired) electrons. The lowest BCUT2D eigenvalue weighted by Gasteiger charge is -2.30. The quantitative estimate of drug-likeness (QED) is 0.764. The molecular weight excluding hydrogens is 406 g/mol. The van der Waals surface area contributed by atoms with Crippen LogP contribution in [0.3, 0.4) is 0 Å². The number of carbonyl (C=O) groups excluding carboxylic acids is 1. The summed E-state index contributed by atoms with van der Waals surface area (Å²) in [5, 5.41) is 9.46. The Kier molecular flexibility index (Phi) is 5.49. The van der Waals surface area contributed by atoms with E-state index in [9.17, 15) is 18.5 Å². The Morgan fingerprint density at radius 3 is 2.33 bits per heavy atom. The topological polar surface area (TPSA) is 134 Å². The molecule has 0 bridgehead atoms. The number of sulfonamides is 1. The minimum Gasteiger partial charge on any atom is -0.419 e. The van der Waals surface area contributed by atoms with Crippen molar-refractivity contribution < 1.29 is 17.6 Å². The molecular formula is C20H23N5O4S. The molecule has 0 spiro atoms. The highest BCUT2D eigenvalue weighted by Crippen LogP contribution is 2.32. The van der Waals surface area contributed by atoms with Gasteiger partial charge >= 0.3 is 0 Å². The average molecular weight is 430 g/mol. The molecule has 1 amide bonds. The highest BCUT2D eigenvalue weighted by Gasteiger charge is 2.29. The summed E-state index contributed by atoms with van der Waals surface area (Å²) in [5.41, 5.74) is 6.13. The van der Waals surface area contributed by atoms with Crippen molar-refractivity contribution in [2.75, 3.05) is 31.1 Å². The zero-order valence-electron chi connectivity index (χ0n) is 16.5. The number of aromatic nitrogens is 1. The molecule has 0 atom stereocenters.